The summed E-state index contributed by atoms with van der Waals surface area (Å²) in [6, 6.07) is 4.13. The molecule has 0 saturated heterocycles. The largest absolute Gasteiger partial charge is 0.306 e. The predicted octanol–water partition coefficient (Wildman–Crippen LogP) is 4.00. The van der Waals surface area contributed by atoms with Crippen LogP contribution in [0, 0.1) is 13.8 Å². The zero-order valence-electron chi connectivity index (χ0n) is 10.7. The van der Waals surface area contributed by atoms with E-state index in [0.717, 1.165) is 5.69 Å². The number of pyridine rings is 1. The molecule has 0 fully saturated rings. The molecule has 0 atom stereocenters. The van der Waals surface area contributed by atoms with Crippen molar-refractivity contribution in [2.24, 2.45) is 0 Å². The zero-order chi connectivity index (χ0) is 11.8. The highest BCUT2D eigenvalue weighted by molar-refractivity contribution is 5.57. The summed E-state index contributed by atoms with van der Waals surface area (Å²) in [6.07, 6.45) is 3.86. The Morgan fingerprint density at radius 2 is 1.67 bits per heavy atom. The van der Waals surface area contributed by atoms with Gasteiger partial charge in [0.15, 0.2) is 0 Å². The van der Waals surface area contributed by atoms with E-state index < -0.39 is 0 Å². The van der Waals surface area contributed by atoms with Gasteiger partial charge in [-0.2, -0.15) is 0 Å². The minimum atomic E-state index is 1.10. The fourth-order valence-electron chi connectivity index (χ4n) is 1.42. The van der Waals surface area contributed by atoms with Gasteiger partial charge in [0.05, 0.1) is 17.5 Å². The van der Waals surface area contributed by atoms with Gasteiger partial charge in [-0.3, -0.25) is 0 Å². The lowest BCUT2D eigenvalue weighted by Crippen LogP contribution is -1.84. The number of fused-ring (bicyclic) bond motifs is 1. The van der Waals surface area contributed by atoms with E-state index in [9.17, 15) is 0 Å². The van der Waals surface area contributed by atoms with E-state index in [1.165, 1.54) is 11.1 Å². The summed E-state index contributed by atoms with van der Waals surface area (Å²) >= 11 is 0. The Hall–Kier alpha value is -1.31. The summed E-state index contributed by atoms with van der Waals surface area (Å²) in [5.74, 6) is 0. The topological polar surface area (TPSA) is 17.3 Å². The van der Waals surface area contributed by atoms with Crippen LogP contribution in [0.4, 0.5) is 0 Å². The van der Waals surface area contributed by atoms with Crippen molar-refractivity contribution in [1.82, 2.24) is 9.38 Å². The molecule has 0 aromatic carbocycles. The molecule has 0 aliphatic heterocycles. The van der Waals surface area contributed by atoms with Gasteiger partial charge >= 0.3 is 0 Å². The van der Waals surface area contributed by atoms with Gasteiger partial charge in [-0.05, 0) is 25.5 Å². The van der Waals surface area contributed by atoms with Gasteiger partial charge in [0, 0.05) is 6.20 Å². The van der Waals surface area contributed by atoms with Gasteiger partial charge in [0.25, 0.3) is 0 Å². The molecule has 2 nitrogen and oxygen atoms in total. The van der Waals surface area contributed by atoms with Crippen LogP contribution in [0.3, 0.4) is 0 Å². The first-order valence-corrected chi connectivity index (χ1v) is 5.68. The number of aryl methyl sites for hydroxylation is 2. The molecular weight excluding hydrogens is 184 g/mol. The highest BCUT2D eigenvalue weighted by Gasteiger charge is 1.99. The lowest BCUT2D eigenvalue weighted by molar-refractivity contribution is 1.14. The smallest absolute Gasteiger partial charge is 0.0995 e. The number of aromatic nitrogens is 2. The second-order valence-corrected chi connectivity index (χ2v) is 2.78. The van der Waals surface area contributed by atoms with Crippen molar-refractivity contribution in [3.8, 4) is 0 Å². The van der Waals surface area contributed by atoms with E-state index in [4.69, 9.17) is 0 Å². The van der Waals surface area contributed by atoms with Crippen molar-refractivity contribution in [2.45, 2.75) is 41.5 Å². The Kier molecular flexibility index (Phi) is 6.43. The first-order valence-electron chi connectivity index (χ1n) is 5.68. The van der Waals surface area contributed by atoms with E-state index in [1.807, 2.05) is 57.6 Å². The molecule has 2 aromatic rings. The van der Waals surface area contributed by atoms with Crippen LogP contribution in [0.2, 0.25) is 0 Å². The lowest BCUT2D eigenvalue weighted by Gasteiger charge is -1.96. The van der Waals surface area contributed by atoms with E-state index in [1.54, 1.807) is 0 Å². The molecule has 0 bridgehead atoms. The van der Waals surface area contributed by atoms with Crippen LogP contribution in [0.15, 0.2) is 24.7 Å². The Balaban J connectivity index is 0.000000442. The molecule has 0 amide bonds. The number of hydrogen-bond donors (Lipinski definition) is 0. The van der Waals surface area contributed by atoms with E-state index >= 15 is 0 Å². The third-order valence-corrected chi connectivity index (χ3v) is 1.94. The predicted molar refractivity (Wildman–Crippen MR) is 67.4 cm³/mol. The second-order valence-electron chi connectivity index (χ2n) is 2.78. The number of rotatable bonds is 0. The van der Waals surface area contributed by atoms with Crippen LogP contribution in [0.25, 0.3) is 5.52 Å². The molecule has 84 valence electrons. The normalized spacial score (nSPS) is 8.67. The summed E-state index contributed by atoms with van der Waals surface area (Å²) in [7, 11) is 0. The highest BCUT2D eigenvalue weighted by Crippen LogP contribution is 2.12. The Labute approximate surface area is 93.0 Å². The van der Waals surface area contributed by atoms with Crippen molar-refractivity contribution in [1.29, 1.82) is 0 Å². The van der Waals surface area contributed by atoms with Crippen molar-refractivity contribution < 1.29 is 0 Å². The Morgan fingerprint density at radius 3 is 2.20 bits per heavy atom. The maximum atomic E-state index is 4.22. The van der Waals surface area contributed by atoms with Crippen LogP contribution in [-0.2, 0) is 0 Å². The average molecular weight is 206 g/mol. The Bertz CT molecular complexity index is 388. The van der Waals surface area contributed by atoms with E-state index in [0.29, 0.717) is 0 Å². The molecule has 0 N–H and O–H groups in total. The quantitative estimate of drug-likeness (QED) is 0.636. The third-order valence-electron chi connectivity index (χ3n) is 1.94. The maximum Gasteiger partial charge on any atom is 0.0995 e. The molecule has 2 rings (SSSR count). The molecule has 2 heterocycles. The Morgan fingerprint density at radius 1 is 1.07 bits per heavy atom. The number of nitrogens with zero attached hydrogens (tertiary/aromatic N) is 2. The van der Waals surface area contributed by atoms with Crippen LogP contribution in [0.1, 0.15) is 39.0 Å². The van der Waals surface area contributed by atoms with E-state index in [2.05, 4.69) is 18.0 Å². The molecule has 0 aliphatic rings. The van der Waals surface area contributed by atoms with Gasteiger partial charge < -0.3 is 4.40 Å². The molecule has 0 aliphatic carbocycles. The minimum absolute atomic E-state index is 1.10. The van der Waals surface area contributed by atoms with Crippen molar-refractivity contribution in [2.75, 3.05) is 0 Å². The fraction of sp³-hybridized carbons (Fsp3) is 0.462. The first-order chi connectivity index (χ1) is 7.29. The molecule has 0 spiro atoms. The summed E-state index contributed by atoms with van der Waals surface area (Å²) in [5.41, 5.74) is 3.61. The molecular formula is C13H22N2. The number of imidazole rings is 1. The molecule has 0 saturated carbocycles. The van der Waals surface area contributed by atoms with E-state index in [-0.39, 0.29) is 0 Å². The lowest BCUT2D eigenvalue weighted by atomic mass is 10.2. The van der Waals surface area contributed by atoms with Crippen LogP contribution >= 0.6 is 0 Å². The second kappa shape index (κ2) is 7.04. The fourth-order valence-corrected chi connectivity index (χ4v) is 1.42. The van der Waals surface area contributed by atoms with Gasteiger partial charge in [-0.1, -0.05) is 33.8 Å². The summed E-state index contributed by atoms with van der Waals surface area (Å²) in [5, 5.41) is 0. The summed E-state index contributed by atoms with van der Waals surface area (Å²) < 4.78 is 2.05. The summed E-state index contributed by atoms with van der Waals surface area (Å²) in [4.78, 5) is 4.22. The monoisotopic (exact) mass is 206 g/mol. The average Bonchev–Trinajstić information content (AvgIpc) is 2.68. The molecule has 0 unspecified atom stereocenters. The molecule has 0 radical (unpaired) electrons. The highest BCUT2D eigenvalue weighted by atomic mass is 15.0. The van der Waals surface area contributed by atoms with Crippen molar-refractivity contribution in [3.63, 3.8) is 0 Å². The van der Waals surface area contributed by atoms with Crippen LogP contribution < -0.4 is 0 Å². The molecule has 15 heavy (non-hydrogen) atoms. The summed E-state index contributed by atoms with van der Waals surface area (Å²) in [6.45, 7) is 12.1. The van der Waals surface area contributed by atoms with Crippen molar-refractivity contribution >= 4 is 5.52 Å². The van der Waals surface area contributed by atoms with Gasteiger partial charge in [0.2, 0.25) is 0 Å². The van der Waals surface area contributed by atoms with Crippen LogP contribution in [0.5, 0.6) is 0 Å². The molecule has 2 heteroatoms. The maximum absolute atomic E-state index is 4.22. The van der Waals surface area contributed by atoms with Crippen molar-refractivity contribution in [3.05, 3.63) is 35.9 Å². The third kappa shape index (κ3) is 3.08. The van der Waals surface area contributed by atoms with Gasteiger partial charge in [-0.15, -0.1) is 0 Å². The van der Waals surface area contributed by atoms with Gasteiger partial charge in [-0.25, -0.2) is 4.98 Å². The van der Waals surface area contributed by atoms with Gasteiger partial charge in [0.1, 0.15) is 0 Å². The van der Waals surface area contributed by atoms with Crippen LogP contribution in [-0.4, -0.2) is 9.38 Å². The minimum Gasteiger partial charge on any atom is -0.306 e. The number of hydrogen-bond acceptors (Lipinski definition) is 1. The molecule has 2 aromatic heterocycles. The first kappa shape index (κ1) is 13.7. The zero-order valence-corrected chi connectivity index (χ0v) is 10.7. The SMILES string of the molecule is CC.CC.Cc1cccn2cnc(C)c12. The standard InChI is InChI=1S/C9H10N2.2C2H6/c1-7-4-3-5-11-6-10-8(2)9(7)11;2*1-2/h3-6H,1-2H3;2*1-2H3.